The van der Waals surface area contributed by atoms with Gasteiger partial charge in [0.1, 0.15) is 0 Å². The molecule has 2 amide bonds. The maximum absolute atomic E-state index is 12.7. The van der Waals surface area contributed by atoms with Crippen molar-refractivity contribution in [1.29, 1.82) is 0 Å². The molecule has 11 nitrogen and oxygen atoms in total. The van der Waals surface area contributed by atoms with Gasteiger partial charge in [0.15, 0.2) is 0 Å². The van der Waals surface area contributed by atoms with Crippen LogP contribution in [0.5, 0.6) is 5.88 Å². The topological polar surface area (TPSA) is 129 Å². The van der Waals surface area contributed by atoms with Gasteiger partial charge in [0.05, 0.1) is 11.9 Å². The largest absolute Gasteiger partial charge is 0.416 e. The van der Waals surface area contributed by atoms with E-state index in [0.717, 1.165) is 38.4 Å². The highest BCUT2D eigenvalue weighted by molar-refractivity contribution is 7.99. The lowest BCUT2D eigenvalue weighted by Crippen LogP contribution is -2.41. The molecule has 212 valence electrons. The minimum Gasteiger partial charge on any atom is -0.391 e. The molecule has 40 heavy (non-hydrogen) atoms. The summed E-state index contributed by atoms with van der Waals surface area (Å²) in [6, 6.07) is 11.0. The third-order valence-electron chi connectivity index (χ3n) is 7.63. The number of likely N-dealkylation sites (tertiary alicyclic amines) is 2. The average molecular weight is 565 g/mol. The Kier molecular flexibility index (Phi) is 9.27. The van der Waals surface area contributed by atoms with Gasteiger partial charge >= 0.3 is 6.09 Å². The van der Waals surface area contributed by atoms with Crippen LogP contribution in [-0.4, -0.2) is 78.8 Å². The van der Waals surface area contributed by atoms with Crippen LogP contribution in [0.2, 0.25) is 0 Å². The Morgan fingerprint density at radius 2 is 1.93 bits per heavy atom. The summed E-state index contributed by atoms with van der Waals surface area (Å²) >= 11 is 1.61. The Labute approximate surface area is 238 Å². The van der Waals surface area contributed by atoms with Gasteiger partial charge in [-0.2, -0.15) is 0 Å². The van der Waals surface area contributed by atoms with E-state index >= 15 is 0 Å². The summed E-state index contributed by atoms with van der Waals surface area (Å²) in [5.41, 5.74) is 2.32. The summed E-state index contributed by atoms with van der Waals surface area (Å²) in [6.45, 7) is 8.86. The summed E-state index contributed by atoms with van der Waals surface area (Å²) < 4.78 is 5.48. The highest BCUT2D eigenvalue weighted by Gasteiger charge is 2.28. The molecule has 4 heterocycles. The van der Waals surface area contributed by atoms with Gasteiger partial charge in [0.2, 0.25) is 11.0 Å². The van der Waals surface area contributed by atoms with Crippen molar-refractivity contribution >= 4 is 29.4 Å². The van der Waals surface area contributed by atoms with Gasteiger partial charge in [-0.1, -0.05) is 37.7 Å². The molecule has 2 N–H and O–H groups in total. The second-order valence-electron chi connectivity index (χ2n) is 10.7. The molecule has 2 atom stereocenters. The summed E-state index contributed by atoms with van der Waals surface area (Å²) in [5.74, 6) is 1.18. The number of pyridine rings is 1. The summed E-state index contributed by atoms with van der Waals surface area (Å²) in [6.07, 6.45) is 5.38. The predicted molar refractivity (Wildman–Crippen MR) is 152 cm³/mol. The maximum atomic E-state index is 12.7. The van der Waals surface area contributed by atoms with Crippen molar-refractivity contribution in [1.82, 2.24) is 35.4 Å². The molecule has 1 aromatic carbocycles. The lowest BCUT2D eigenvalue weighted by molar-refractivity contribution is 0.102. The van der Waals surface area contributed by atoms with Crippen molar-refractivity contribution in [3.8, 4) is 5.88 Å². The van der Waals surface area contributed by atoms with E-state index in [1.807, 2.05) is 24.3 Å². The molecular weight excluding hydrogens is 528 g/mol. The molecule has 5 rings (SSSR count). The van der Waals surface area contributed by atoms with Crippen LogP contribution in [0, 0.1) is 11.8 Å². The molecular formula is C28H36N8O3S. The number of hydrogen-bond donors (Lipinski definition) is 2. The first kappa shape index (κ1) is 28.0. The number of benzene rings is 1. The third-order valence-corrected chi connectivity index (χ3v) is 8.79. The number of piperidine rings is 2. The minimum atomic E-state index is -0.415. The number of carbonyl (C=O) groups is 2. The van der Waals surface area contributed by atoms with Gasteiger partial charge in [-0.05, 0) is 78.3 Å². The fraction of sp³-hybridized carbons (Fsp3) is 0.500. The quantitative estimate of drug-likeness (QED) is 0.381. The number of aromatic amines is 1. The van der Waals surface area contributed by atoms with Crippen LogP contribution < -0.4 is 10.1 Å². The summed E-state index contributed by atoms with van der Waals surface area (Å²) in [7, 11) is 0. The van der Waals surface area contributed by atoms with Crippen LogP contribution in [0.25, 0.3) is 0 Å². The van der Waals surface area contributed by atoms with Crippen LogP contribution in [0.3, 0.4) is 0 Å². The first-order valence-electron chi connectivity index (χ1n) is 13.9. The van der Waals surface area contributed by atoms with Crippen LogP contribution in [0.4, 0.5) is 10.5 Å². The summed E-state index contributed by atoms with van der Waals surface area (Å²) in [5, 5.41) is 17.8. The maximum Gasteiger partial charge on any atom is 0.416 e. The zero-order valence-electron chi connectivity index (χ0n) is 23.0. The second-order valence-corrected chi connectivity index (χ2v) is 12.1. The molecule has 0 radical (unpaired) electrons. The normalized spacial score (nSPS) is 19.2. The van der Waals surface area contributed by atoms with E-state index in [1.165, 1.54) is 24.6 Å². The number of H-pyrrole nitrogens is 1. The second kappa shape index (κ2) is 13.2. The smallest absolute Gasteiger partial charge is 0.391 e. The Balaban J connectivity index is 1.06. The average Bonchev–Trinajstić information content (AvgIpc) is 3.47. The predicted octanol–water partition coefficient (Wildman–Crippen LogP) is 4.47. The Hall–Kier alpha value is -3.51. The molecule has 2 aliphatic rings. The van der Waals surface area contributed by atoms with Crippen LogP contribution in [-0.2, 0) is 6.54 Å². The summed E-state index contributed by atoms with van der Waals surface area (Å²) in [4.78, 5) is 33.8. The van der Waals surface area contributed by atoms with Crippen LogP contribution in [0.15, 0.2) is 47.8 Å². The number of carbonyl (C=O) groups excluding carboxylic acids is 2. The lowest BCUT2D eigenvalue weighted by atomic mass is 9.94. The first-order valence-corrected chi connectivity index (χ1v) is 14.8. The van der Waals surface area contributed by atoms with Gasteiger partial charge in [-0.25, -0.2) is 14.9 Å². The molecule has 0 spiro atoms. The molecule has 0 bridgehead atoms. The number of anilines is 1. The lowest BCUT2D eigenvalue weighted by Gasteiger charge is -2.33. The molecule has 0 saturated carbocycles. The highest BCUT2D eigenvalue weighted by Crippen LogP contribution is 2.31. The fourth-order valence-corrected chi connectivity index (χ4v) is 6.34. The molecule has 2 aliphatic heterocycles. The van der Waals surface area contributed by atoms with Gasteiger partial charge in [-0.15, -0.1) is 5.10 Å². The van der Waals surface area contributed by atoms with Crippen molar-refractivity contribution in [2.45, 2.75) is 56.5 Å². The van der Waals surface area contributed by atoms with Crippen molar-refractivity contribution in [3.05, 3.63) is 53.7 Å². The number of tetrazole rings is 1. The zero-order chi connectivity index (χ0) is 27.9. The van der Waals surface area contributed by atoms with E-state index in [2.05, 4.69) is 49.7 Å². The van der Waals surface area contributed by atoms with Crippen molar-refractivity contribution in [2.24, 2.45) is 11.8 Å². The number of aromatic nitrogens is 5. The van der Waals surface area contributed by atoms with E-state index in [4.69, 9.17) is 4.74 Å². The van der Waals surface area contributed by atoms with E-state index in [-0.39, 0.29) is 11.8 Å². The monoisotopic (exact) mass is 564 g/mol. The SMILES string of the molecule is CC1CCCN(Cc2ccc(C(=O)Nc3ccc(OC(=O)N4CCC(C(C)Sc5nnn[nH]5)CC4)nc3)cc2)C1. The number of nitrogens with zero attached hydrogens (tertiary/aromatic N) is 6. The fourth-order valence-electron chi connectivity index (χ4n) is 5.35. The Bertz CT molecular complexity index is 1250. The molecule has 2 aromatic heterocycles. The van der Waals surface area contributed by atoms with Crippen molar-refractivity contribution < 1.29 is 14.3 Å². The molecule has 2 fully saturated rings. The standard InChI is InChI=1S/C28H36N8O3S/c1-19-4-3-13-35(17-19)18-21-5-7-23(8-6-21)26(37)30-24-9-10-25(29-16-24)39-28(38)36-14-11-22(12-15-36)20(2)40-27-31-33-34-32-27/h5-10,16,19-20,22H,3-4,11-15,17-18H2,1-2H3,(H,30,37)(H,31,32,33,34). The molecule has 3 aromatic rings. The van der Waals surface area contributed by atoms with Crippen LogP contribution >= 0.6 is 11.8 Å². The molecule has 2 unspecified atom stereocenters. The van der Waals surface area contributed by atoms with Gasteiger partial charge < -0.3 is 15.0 Å². The molecule has 0 aliphatic carbocycles. The van der Waals surface area contributed by atoms with Gasteiger partial charge in [0, 0.05) is 43.1 Å². The Morgan fingerprint density at radius 3 is 2.60 bits per heavy atom. The number of thioether (sulfide) groups is 1. The molecule has 12 heteroatoms. The van der Waals surface area contributed by atoms with E-state index < -0.39 is 6.09 Å². The zero-order valence-corrected chi connectivity index (χ0v) is 23.8. The van der Waals surface area contributed by atoms with E-state index in [1.54, 1.807) is 28.8 Å². The number of amides is 2. The van der Waals surface area contributed by atoms with E-state index in [0.29, 0.717) is 40.7 Å². The number of rotatable bonds is 8. The first-order chi connectivity index (χ1) is 19.4. The van der Waals surface area contributed by atoms with Gasteiger partial charge in [0.25, 0.3) is 5.91 Å². The Morgan fingerprint density at radius 1 is 1.12 bits per heavy atom. The van der Waals surface area contributed by atoms with Crippen LogP contribution in [0.1, 0.15) is 55.5 Å². The number of hydrogen-bond acceptors (Lipinski definition) is 9. The minimum absolute atomic E-state index is 0.197. The highest BCUT2D eigenvalue weighted by atomic mass is 32.2. The number of ether oxygens (including phenoxy) is 1. The van der Waals surface area contributed by atoms with E-state index in [9.17, 15) is 9.59 Å². The molecule has 2 saturated heterocycles. The third kappa shape index (κ3) is 7.57. The van der Waals surface area contributed by atoms with Gasteiger partial charge in [-0.3, -0.25) is 9.69 Å². The number of nitrogens with one attached hydrogen (secondary N) is 2. The van der Waals surface area contributed by atoms with Crippen molar-refractivity contribution in [2.75, 3.05) is 31.5 Å². The van der Waals surface area contributed by atoms with Crippen molar-refractivity contribution in [3.63, 3.8) is 0 Å².